The van der Waals surface area contributed by atoms with Crippen molar-refractivity contribution in [1.82, 2.24) is 9.55 Å². The first-order valence-electron chi connectivity index (χ1n) is 12.3. The number of unbranched alkanes of at least 4 members (excludes halogenated alkanes) is 1. The number of aliphatic hydroxyl groups excluding tert-OH is 1. The number of aliphatic hydroxyl groups is 1. The van der Waals surface area contributed by atoms with Crippen molar-refractivity contribution in [1.29, 1.82) is 0 Å². The van der Waals surface area contributed by atoms with Gasteiger partial charge < -0.3 is 24.4 Å². The van der Waals surface area contributed by atoms with Gasteiger partial charge in [0.2, 0.25) is 0 Å². The van der Waals surface area contributed by atoms with E-state index >= 15 is 0 Å². The number of aromatic hydroxyl groups is 1. The van der Waals surface area contributed by atoms with Crippen molar-refractivity contribution >= 4 is 19.8 Å². The fourth-order valence-electron chi connectivity index (χ4n) is 4.46. The maximum Gasteiger partial charge on any atom is 0.646 e. The molecule has 1 unspecified atom stereocenters. The quantitative estimate of drug-likeness (QED) is 0.210. The molecule has 1 aromatic carbocycles. The number of hydrogen-bond donors (Lipinski definition) is 3. The van der Waals surface area contributed by atoms with Crippen LogP contribution < -0.4 is 15.9 Å². The number of aromatic amines is 1. The van der Waals surface area contributed by atoms with Crippen LogP contribution in [0.2, 0.25) is 0 Å². The normalized spacial score (nSPS) is 25.6. The number of rotatable bonds is 11. The number of aromatic nitrogens is 2. The average molecular weight is 552 g/mol. The summed E-state index contributed by atoms with van der Waals surface area (Å²) >= 11 is 0. The molecule has 38 heavy (non-hydrogen) atoms. The summed E-state index contributed by atoms with van der Waals surface area (Å²) in [6.45, 7) is 3.57. The smallest absolute Gasteiger partial charge is 0.506 e. The molecule has 0 bridgehead atoms. The second-order valence-electron chi connectivity index (χ2n) is 9.11. The van der Waals surface area contributed by atoms with Crippen LogP contribution in [0.3, 0.4) is 0 Å². The Kier molecular flexibility index (Phi) is 8.64. The van der Waals surface area contributed by atoms with Gasteiger partial charge >= 0.3 is 19.8 Å². The Morgan fingerprint density at radius 1 is 1.34 bits per heavy atom. The Bertz CT molecular complexity index is 1280. The molecular formula is C24H31N3O10P+. The van der Waals surface area contributed by atoms with E-state index in [2.05, 4.69) is 4.98 Å². The molecule has 13 nitrogen and oxygen atoms in total. The van der Waals surface area contributed by atoms with Crippen LogP contribution in [0.4, 0.5) is 5.69 Å². The van der Waals surface area contributed by atoms with Gasteiger partial charge in [-0.15, -0.1) is 9.19 Å². The second kappa shape index (κ2) is 11.7. The van der Waals surface area contributed by atoms with Crippen LogP contribution in [0.5, 0.6) is 5.75 Å². The van der Waals surface area contributed by atoms with E-state index in [4.69, 9.17) is 18.7 Å². The third kappa shape index (κ3) is 5.38. The number of H-pyrrole nitrogens is 1. The number of para-hydroxylation sites is 2. The lowest BCUT2D eigenvalue weighted by atomic mass is 9.86. The largest absolute Gasteiger partial charge is 0.646 e. The van der Waals surface area contributed by atoms with Gasteiger partial charge in [0.05, 0.1) is 13.2 Å². The first-order chi connectivity index (χ1) is 18.2. The molecule has 4 rings (SSSR count). The number of hydrogen-bond acceptors (Lipinski definition) is 10. The van der Waals surface area contributed by atoms with Gasteiger partial charge in [-0.25, -0.2) is 9.59 Å². The van der Waals surface area contributed by atoms with Crippen LogP contribution >= 0.6 is 8.18 Å². The molecule has 1 aromatic heterocycles. The van der Waals surface area contributed by atoms with Gasteiger partial charge in [-0.05, 0) is 30.0 Å². The molecule has 3 N–H and O–H groups in total. The first-order valence-corrected chi connectivity index (χ1v) is 13.5. The Hall–Kier alpha value is -3.09. The lowest BCUT2D eigenvalue weighted by Crippen LogP contribution is -2.57. The molecule has 14 heteroatoms. The van der Waals surface area contributed by atoms with Crippen LogP contribution in [-0.2, 0) is 28.1 Å². The van der Waals surface area contributed by atoms with Crippen molar-refractivity contribution in [2.24, 2.45) is 0 Å². The van der Waals surface area contributed by atoms with E-state index in [1.807, 2.05) is 6.92 Å². The fraction of sp³-hybridized carbons (Fsp3) is 0.542. The molecule has 1 spiro atoms. The monoisotopic (exact) mass is 552 g/mol. The Morgan fingerprint density at radius 2 is 2.08 bits per heavy atom. The van der Waals surface area contributed by atoms with E-state index in [-0.39, 0.29) is 18.0 Å². The highest BCUT2D eigenvalue weighted by Gasteiger charge is 2.62. The van der Waals surface area contributed by atoms with Crippen LogP contribution in [0.15, 0.2) is 46.1 Å². The summed E-state index contributed by atoms with van der Waals surface area (Å²) < 4.78 is 38.1. The summed E-state index contributed by atoms with van der Waals surface area (Å²) in [6, 6.07) is 6.12. The molecule has 2 aliphatic heterocycles. The molecule has 2 saturated heterocycles. The van der Waals surface area contributed by atoms with Gasteiger partial charge in [-0.2, -0.15) is 0 Å². The lowest BCUT2D eigenvalue weighted by molar-refractivity contribution is -0.227. The van der Waals surface area contributed by atoms with Gasteiger partial charge in [0.25, 0.3) is 5.56 Å². The van der Waals surface area contributed by atoms with Crippen molar-refractivity contribution in [3.63, 3.8) is 0 Å². The second-order valence-corrected chi connectivity index (χ2v) is 10.3. The minimum Gasteiger partial charge on any atom is -0.506 e. The first kappa shape index (κ1) is 27.9. The average Bonchev–Trinajstić information content (AvgIpc) is 3.16. The van der Waals surface area contributed by atoms with E-state index in [1.54, 1.807) is 12.1 Å². The number of ether oxygens (including phenoxy) is 3. The minimum absolute atomic E-state index is 0.0953. The highest BCUT2D eigenvalue weighted by molar-refractivity contribution is 7.41. The summed E-state index contributed by atoms with van der Waals surface area (Å²) in [5, 5.41) is 21.4. The molecule has 2 aromatic rings. The number of benzene rings is 1. The van der Waals surface area contributed by atoms with Gasteiger partial charge in [-0.1, -0.05) is 25.5 Å². The predicted molar refractivity (Wildman–Crippen MR) is 134 cm³/mol. The number of phenolic OH excluding ortho intramolecular Hbond substituents is 1. The summed E-state index contributed by atoms with van der Waals surface area (Å²) in [5.74, 6) is -0.866. The van der Waals surface area contributed by atoms with Crippen molar-refractivity contribution in [3.05, 3.63) is 57.4 Å². The molecule has 2 fully saturated rings. The molecule has 6 atom stereocenters. The van der Waals surface area contributed by atoms with Crippen molar-refractivity contribution in [2.75, 3.05) is 24.5 Å². The van der Waals surface area contributed by atoms with Crippen LogP contribution in [0.25, 0.3) is 0 Å². The van der Waals surface area contributed by atoms with Crippen molar-refractivity contribution in [2.45, 2.75) is 63.2 Å². The number of carbonyl (C=O) groups excluding carboxylic acids is 1. The molecule has 0 amide bonds. The van der Waals surface area contributed by atoms with Crippen molar-refractivity contribution < 1.29 is 38.3 Å². The summed E-state index contributed by atoms with van der Waals surface area (Å²) in [6.07, 6.45) is -0.269. The third-order valence-electron chi connectivity index (χ3n) is 6.65. The maximum absolute atomic E-state index is 13.4. The van der Waals surface area contributed by atoms with Gasteiger partial charge in [0.1, 0.15) is 35.9 Å². The number of nitrogens with one attached hydrogen (secondary N) is 1. The zero-order valence-electron chi connectivity index (χ0n) is 21.0. The molecule has 0 aliphatic carbocycles. The van der Waals surface area contributed by atoms with E-state index in [1.165, 1.54) is 25.3 Å². The lowest BCUT2D eigenvalue weighted by Gasteiger charge is -2.44. The highest BCUT2D eigenvalue weighted by Crippen LogP contribution is 2.49. The number of carbonyl (C=O) groups is 1. The van der Waals surface area contributed by atoms with Crippen LogP contribution in [0, 0.1) is 0 Å². The maximum atomic E-state index is 13.4. The molecule has 0 radical (unpaired) electrons. The topological polar surface area (TPSA) is 170 Å². The number of anilines is 1. The number of phenols is 1. The highest BCUT2D eigenvalue weighted by atomic mass is 31.1. The van der Waals surface area contributed by atoms with E-state index in [9.17, 15) is 29.2 Å². The SMILES string of the molecule is CCCCOC(=O)[C@H](C)N(c1ccccc1O)[P+](=O)OC[C@H]1O[C@@H](n2ccc(=O)[nH]c2=O)[C@@]2(CCO2)[C@@H]1O. The van der Waals surface area contributed by atoms with Gasteiger partial charge in [-0.3, -0.25) is 14.3 Å². The van der Waals surface area contributed by atoms with E-state index in [0.29, 0.717) is 19.4 Å². The van der Waals surface area contributed by atoms with Crippen LogP contribution in [0.1, 0.15) is 39.3 Å². The predicted octanol–water partition coefficient (Wildman–Crippen LogP) is 1.57. The van der Waals surface area contributed by atoms with E-state index < -0.39 is 62.1 Å². The third-order valence-corrected chi connectivity index (χ3v) is 7.93. The molecule has 206 valence electrons. The van der Waals surface area contributed by atoms with Crippen molar-refractivity contribution in [3.8, 4) is 5.75 Å². The summed E-state index contributed by atoms with van der Waals surface area (Å²) in [5.41, 5.74) is -2.48. The fourth-order valence-corrected chi connectivity index (χ4v) is 5.58. The standard InChI is InChI=1S/C24H30N3O10P/c1-3-4-12-34-21(31)15(2)27(16-7-5-6-8-17(16)28)38(33)36-14-18-20(30)24(10-13-35-24)22(37-18)26-11-9-19(29)25-23(26)32/h5-9,11,15,18,20,22,30H,3-4,10,12-14H2,1-2H3,(H-,25,28,29,32)/p+1/t15-,18+,20+,22+,24+/m0/s1. The molecular weight excluding hydrogens is 521 g/mol. The van der Waals surface area contributed by atoms with Gasteiger partial charge in [0, 0.05) is 18.7 Å². The van der Waals surface area contributed by atoms with Crippen LogP contribution in [-0.4, -0.2) is 69.4 Å². The summed E-state index contributed by atoms with van der Waals surface area (Å²) in [4.78, 5) is 38.7. The summed E-state index contributed by atoms with van der Waals surface area (Å²) in [7, 11) is -2.78. The Balaban J connectivity index is 1.52. The number of esters is 1. The minimum atomic E-state index is -2.78. The Morgan fingerprint density at radius 3 is 2.71 bits per heavy atom. The zero-order valence-corrected chi connectivity index (χ0v) is 21.9. The van der Waals surface area contributed by atoms with Gasteiger partial charge in [0.15, 0.2) is 12.3 Å². The molecule has 2 aliphatic rings. The zero-order chi connectivity index (χ0) is 27.4. The molecule has 0 saturated carbocycles. The number of nitrogens with zero attached hydrogens (tertiary/aromatic N) is 2. The Labute approximate surface area is 218 Å². The molecule has 3 heterocycles. The van der Waals surface area contributed by atoms with E-state index in [0.717, 1.165) is 21.7 Å².